The molecule has 120 valence electrons. The van der Waals surface area contributed by atoms with E-state index in [9.17, 15) is 4.79 Å². The average molecular weight is 383 g/mol. The summed E-state index contributed by atoms with van der Waals surface area (Å²) in [6.07, 6.45) is 3.44. The van der Waals surface area contributed by atoms with Gasteiger partial charge in [0.2, 0.25) is 0 Å². The van der Waals surface area contributed by atoms with Crippen molar-refractivity contribution in [1.29, 1.82) is 0 Å². The Balaban J connectivity index is 1.58. The van der Waals surface area contributed by atoms with Crippen molar-refractivity contribution < 1.29 is 4.79 Å². The number of carbonyl (C=O) groups is 1. The summed E-state index contributed by atoms with van der Waals surface area (Å²) in [5.41, 5.74) is 2.39. The summed E-state index contributed by atoms with van der Waals surface area (Å²) in [4.78, 5) is 20.6. The van der Waals surface area contributed by atoms with Crippen molar-refractivity contribution in [2.75, 3.05) is 10.6 Å². The summed E-state index contributed by atoms with van der Waals surface area (Å²) in [5, 5.41) is 6.01. The fraction of sp³-hybridized carbons (Fsp3) is 0.0556. The van der Waals surface area contributed by atoms with Crippen LogP contribution in [-0.4, -0.2) is 15.9 Å². The number of halogens is 1. The van der Waals surface area contributed by atoms with Crippen molar-refractivity contribution in [3.05, 3.63) is 82.7 Å². The Bertz CT molecular complexity index is 805. The molecule has 1 aromatic carbocycles. The quantitative estimate of drug-likeness (QED) is 0.696. The van der Waals surface area contributed by atoms with Gasteiger partial charge in [-0.2, -0.15) is 0 Å². The molecule has 2 N–H and O–H groups in total. The maximum Gasteiger partial charge on any atom is 0.256 e. The van der Waals surface area contributed by atoms with Gasteiger partial charge < -0.3 is 10.6 Å². The van der Waals surface area contributed by atoms with Gasteiger partial charge >= 0.3 is 0 Å². The molecule has 24 heavy (non-hydrogen) atoms. The Morgan fingerprint density at radius 2 is 1.83 bits per heavy atom. The molecule has 0 aliphatic heterocycles. The van der Waals surface area contributed by atoms with Crippen LogP contribution < -0.4 is 10.6 Å². The molecule has 0 saturated heterocycles. The zero-order valence-electron chi connectivity index (χ0n) is 12.7. The highest BCUT2D eigenvalue weighted by Crippen LogP contribution is 2.14. The molecule has 0 aliphatic carbocycles. The van der Waals surface area contributed by atoms with E-state index in [1.165, 1.54) is 0 Å². The molecule has 6 heteroatoms. The van der Waals surface area contributed by atoms with Crippen molar-refractivity contribution in [1.82, 2.24) is 9.97 Å². The monoisotopic (exact) mass is 382 g/mol. The third kappa shape index (κ3) is 4.39. The molecule has 0 radical (unpaired) electrons. The predicted molar refractivity (Wildman–Crippen MR) is 97.9 cm³/mol. The molecule has 5 nitrogen and oxygen atoms in total. The van der Waals surface area contributed by atoms with E-state index in [0.29, 0.717) is 17.9 Å². The smallest absolute Gasteiger partial charge is 0.256 e. The lowest BCUT2D eigenvalue weighted by Gasteiger charge is -2.08. The molecule has 0 bridgehead atoms. The Morgan fingerprint density at radius 3 is 2.50 bits per heavy atom. The molecular weight excluding hydrogens is 368 g/mol. The van der Waals surface area contributed by atoms with Crippen molar-refractivity contribution >= 4 is 33.3 Å². The Kier molecular flexibility index (Phi) is 5.18. The number of pyridine rings is 2. The number of benzene rings is 1. The summed E-state index contributed by atoms with van der Waals surface area (Å²) >= 11 is 3.35. The highest BCUT2D eigenvalue weighted by Gasteiger charge is 2.06. The minimum absolute atomic E-state index is 0.191. The standard InChI is InChI=1S/C18H15BrN4O/c19-14-6-4-13(5-7-14)18(24)23-17-9-8-16(12-22-17)21-11-15-3-1-2-10-20-15/h1-10,12,21H,11H2,(H,22,23,24). The number of anilines is 2. The first-order chi connectivity index (χ1) is 11.7. The maximum absolute atomic E-state index is 12.1. The van der Waals surface area contributed by atoms with Crippen LogP contribution in [0.5, 0.6) is 0 Å². The third-order valence-corrected chi connectivity index (χ3v) is 3.84. The van der Waals surface area contributed by atoms with E-state index in [-0.39, 0.29) is 5.91 Å². The van der Waals surface area contributed by atoms with Gasteiger partial charge in [0.1, 0.15) is 5.82 Å². The van der Waals surface area contributed by atoms with E-state index >= 15 is 0 Å². The molecule has 0 saturated carbocycles. The molecule has 0 spiro atoms. The molecular formula is C18H15BrN4O. The first-order valence-corrected chi connectivity index (χ1v) is 8.17. The molecule has 3 aromatic rings. The summed E-state index contributed by atoms with van der Waals surface area (Å²) < 4.78 is 0.931. The van der Waals surface area contributed by atoms with Gasteiger partial charge in [0, 0.05) is 16.2 Å². The van der Waals surface area contributed by atoms with E-state index in [4.69, 9.17) is 0 Å². The van der Waals surface area contributed by atoms with Crippen LogP contribution in [0.2, 0.25) is 0 Å². The van der Waals surface area contributed by atoms with E-state index in [1.807, 2.05) is 36.4 Å². The van der Waals surface area contributed by atoms with Gasteiger partial charge in [-0.25, -0.2) is 4.98 Å². The second kappa shape index (κ2) is 7.70. The summed E-state index contributed by atoms with van der Waals surface area (Å²) in [5.74, 6) is 0.315. The van der Waals surface area contributed by atoms with Crippen molar-refractivity contribution in [2.24, 2.45) is 0 Å². The van der Waals surface area contributed by atoms with Crippen molar-refractivity contribution in [3.8, 4) is 0 Å². The van der Waals surface area contributed by atoms with Crippen molar-refractivity contribution in [2.45, 2.75) is 6.54 Å². The maximum atomic E-state index is 12.1. The van der Waals surface area contributed by atoms with Crippen LogP contribution in [0.25, 0.3) is 0 Å². The van der Waals surface area contributed by atoms with Crippen LogP contribution in [0.15, 0.2) is 71.5 Å². The van der Waals surface area contributed by atoms with Crippen LogP contribution in [0, 0.1) is 0 Å². The summed E-state index contributed by atoms with van der Waals surface area (Å²) in [6, 6.07) is 16.6. The van der Waals surface area contributed by atoms with Gasteiger partial charge in [0.05, 0.1) is 24.1 Å². The van der Waals surface area contributed by atoms with Gasteiger partial charge in [-0.15, -0.1) is 0 Å². The molecule has 0 atom stereocenters. The minimum Gasteiger partial charge on any atom is -0.378 e. The minimum atomic E-state index is -0.191. The first-order valence-electron chi connectivity index (χ1n) is 7.37. The molecule has 3 rings (SSSR count). The van der Waals surface area contributed by atoms with Gasteiger partial charge in [0.15, 0.2) is 0 Å². The van der Waals surface area contributed by atoms with Crippen molar-refractivity contribution in [3.63, 3.8) is 0 Å². The molecule has 2 aromatic heterocycles. The van der Waals surface area contributed by atoms with Gasteiger partial charge in [-0.05, 0) is 48.5 Å². The number of hydrogen-bond acceptors (Lipinski definition) is 4. The van der Waals surface area contributed by atoms with E-state index in [2.05, 4.69) is 36.5 Å². The SMILES string of the molecule is O=C(Nc1ccc(NCc2ccccn2)cn1)c1ccc(Br)cc1. The highest BCUT2D eigenvalue weighted by atomic mass is 79.9. The second-order valence-corrected chi connectivity index (χ2v) is 5.98. The largest absolute Gasteiger partial charge is 0.378 e. The van der Waals surface area contributed by atoms with Crippen LogP contribution in [0.3, 0.4) is 0 Å². The summed E-state index contributed by atoms with van der Waals surface area (Å²) in [6.45, 7) is 0.618. The molecule has 2 heterocycles. The predicted octanol–water partition coefficient (Wildman–Crippen LogP) is 4.10. The number of rotatable bonds is 5. The number of nitrogens with one attached hydrogen (secondary N) is 2. The van der Waals surface area contributed by atoms with Crippen LogP contribution >= 0.6 is 15.9 Å². The second-order valence-electron chi connectivity index (χ2n) is 5.07. The normalized spacial score (nSPS) is 10.2. The number of nitrogens with zero attached hydrogens (tertiary/aromatic N) is 2. The number of carbonyl (C=O) groups excluding carboxylic acids is 1. The number of aromatic nitrogens is 2. The Morgan fingerprint density at radius 1 is 1.00 bits per heavy atom. The number of hydrogen-bond donors (Lipinski definition) is 2. The average Bonchev–Trinajstić information content (AvgIpc) is 2.62. The molecule has 0 unspecified atom stereocenters. The van der Waals surface area contributed by atoms with Crippen LogP contribution in [0.4, 0.5) is 11.5 Å². The topological polar surface area (TPSA) is 66.9 Å². The fourth-order valence-electron chi connectivity index (χ4n) is 2.06. The molecule has 0 fully saturated rings. The highest BCUT2D eigenvalue weighted by molar-refractivity contribution is 9.10. The summed E-state index contributed by atoms with van der Waals surface area (Å²) in [7, 11) is 0. The van der Waals surface area contributed by atoms with E-state index in [0.717, 1.165) is 15.9 Å². The molecule has 0 aliphatic rings. The third-order valence-electron chi connectivity index (χ3n) is 3.31. The first kappa shape index (κ1) is 16.1. The zero-order valence-corrected chi connectivity index (χ0v) is 14.3. The van der Waals surface area contributed by atoms with Gasteiger partial charge in [-0.1, -0.05) is 22.0 Å². The fourth-order valence-corrected chi connectivity index (χ4v) is 2.32. The molecule has 1 amide bonds. The lowest BCUT2D eigenvalue weighted by Crippen LogP contribution is -2.12. The number of amides is 1. The lowest BCUT2D eigenvalue weighted by molar-refractivity contribution is 0.102. The van der Waals surface area contributed by atoms with Gasteiger partial charge in [-0.3, -0.25) is 9.78 Å². The van der Waals surface area contributed by atoms with Crippen LogP contribution in [-0.2, 0) is 6.54 Å². The Hall–Kier alpha value is -2.73. The van der Waals surface area contributed by atoms with E-state index in [1.54, 1.807) is 30.6 Å². The Labute approximate surface area is 148 Å². The van der Waals surface area contributed by atoms with Gasteiger partial charge in [0.25, 0.3) is 5.91 Å². The lowest BCUT2D eigenvalue weighted by atomic mass is 10.2. The van der Waals surface area contributed by atoms with Crippen LogP contribution in [0.1, 0.15) is 16.1 Å². The van der Waals surface area contributed by atoms with E-state index < -0.39 is 0 Å². The zero-order chi connectivity index (χ0) is 16.8.